The van der Waals surface area contributed by atoms with Gasteiger partial charge in [-0.25, -0.2) is 4.98 Å². The second kappa shape index (κ2) is 11.5. The summed E-state index contributed by atoms with van der Waals surface area (Å²) >= 11 is 1.82. The van der Waals surface area contributed by atoms with Gasteiger partial charge in [0.05, 0.1) is 16.8 Å². The third-order valence-corrected chi connectivity index (χ3v) is 5.77. The van der Waals surface area contributed by atoms with Gasteiger partial charge >= 0.3 is 0 Å². The summed E-state index contributed by atoms with van der Waals surface area (Å²) in [4.78, 5) is 12.8. The fraction of sp³-hybridized carbons (Fsp3) is 0.789. The van der Waals surface area contributed by atoms with Gasteiger partial charge in [-0.2, -0.15) is 0 Å². The highest BCUT2D eigenvalue weighted by atomic mass is 32.1. The monoisotopic (exact) mass is 382 g/mol. The smallest absolute Gasteiger partial charge is 0.193 e. The number of hydrogen-bond donors (Lipinski definition) is 1. The largest absolute Gasteiger partial charge is 0.385 e. The van der Waals surface area contributed by atoms with Crippen molar-refractivity contribution in [2.75, 3.05) is 47.0 Å². The van der Waals surface area contributed by atoms with Gasteiger partial charge in [0, 0.05) is 58.3 Å². The maximum absolute atomic E-state index is 5.94. The summed E-state index contributed by atoms with van der Waals surface area (Å²) < 4.78 is 11.0. The van der Waals surface area contributed by atoms with E-state index in [2.05, 4.69) is 29.1 Å². The molecule has 0 aromatic carbocycles. The van der Waals surface area contributed by atoms with E-state index in [1.165, 1.54) is 15.6 Å². The van der Waals surface area contributed by atoms with Crippen LogP contribution in [0.1, 0.15) is 41.8 Å². The van der Waals surface area contributed by atoms with Crippen molar-refractivity contribution in [1.29, 1.82) is 0 Å². The van der Waals surface area contributed by atoms with Gasteiger partial charge in [-0.1, -0.05) is 6.92 Å². The highest BCUT2D eigenvalue weighted by molar-refractivity contribution is 7.11. The lowest BCUT2D eigenvalue weighted by Crippen LogP contribution is -2.47. The van der Waals surface area contributed by atoms with Gasteiger partial charge in [-0.15, -0.1) is 11.3 Å². The molecule has 1 fully saturated rings. The zero-order valence-corrected chi connectivity index (χ0v) is 17.5. The van der Waals surface area contributed by atoms with Gasteiger partial charge in [0.25, 0.3) is 0 Å². The Bertz CT molecular complexity index is 554. The fourth-order valence-corrected chi connectivity index (χ4v) is 4.24. The highest BCUT2D eigenvalue weighted by Gasteiger charge is 2.21. The van der Waals surface area contributed by atoms with Crippen molar-refractivity contribution in [2.45, 2.75) is 52.1 Å². The zero-order valence-electron chi connectivity index (χ0n) is 16.7. The third kappa shape index (κ3) is 6.52. The quantitative estimate of drug-likeness (QED) is 0.404. The van der Waals surface area contributed by atoms with Crippen molar-refractivity contribution in [3.05, 3.63) is 15.6 Å². The van der Waals surface area contributed by atoms with E-state index in [4.69, 9.17) is 14.5 Å². The van der Waals surface area contributed by atoms with E-state index in [0.29, 0.717) is 6.10 Å². The number of rotatable bonds is 9. The van der Waals surface area contributed by atoms with Crippen molar-refractivity contribution in [3.63, 3.8) is 0 Å². The summed E-state index contributed by atoms with van der Waals surface area (Å²) in [6.45, 7) is 8.74. The number of aliphatic imine (C=N–C) groups is 1. The molecule has 0 radical (unpaired) electrons. The van der Waals surface area contributed by atoms with Crippen molar-refractivity contribution in [2.24, 2.45) is 4.99 Å². The Labute approximate surface area is 162 Å². The minimum atomic E-state index is 0.368. The summed E-state index contributed by atoms with van der Waals surface area (Å²) in [6, 6.07) is 0. The summed E-state index contributed by atoms with van der Waals surface area (Å²) in [5.41, 5.74) is 1.24. The van der Waals surface area contributed by atoms with Gasteiger partial charge in [0.2, 0.25) is 0 Å². The molecule has 26 heavy (non-hydrogen) atoms. The van der Waals surface area contributed by atoms with Crippen LogP contribution in [-0.2, 0) is 22.3 Å². The van der Waals surface area contributed by atoms with Crippen LogP contribution in [0.3, 0.4) is 0 Å². The molecule has 0 atom stereocenters. The molecule has 2 rings (SSSR count). The molecule has 1 saturated heterocycles. The van der Waals surface area contributed by atoms with Gasteiger partial charge in [-0.3, -0.25) is 4.99 Å². The predicted molar refractivity (Wildman–Crippen MR) is 108 cm³/mol. The van der Waals surface area contributed by atoms with Crippen molar-refractivity contribution in [1.82, 2.24) is 15.2 Å². The first-order chi connectivity index (χ1) is 12.7. The number of guanidine groups is 1. The minimum Gasteiger partial charge on any atom is -0.385 e. The van der Waals surface area contributed by atoms with Crippen LogP contribution >= 0.6 is 11.3 Å². The third-order valence-electron chi connectivity index (χ3n) is 4.69. The molecule has 0 saturated carbocycles. The summed E-state index contributed by atoms with van der Waals surface area (Å²) in [7, 11) is 3.59. The second-order valence-electron chi connectivity index (χ2n) is 6.59. The number of nitrogens with zero attached hydrogens (tertiary/aromatic N) is 3. The number of hydrogen-bond acceptors (Lipinski definition) is 5. The van der Waals surface area contributed by atoms with Crippen LogP contribution in [0.4, 0.5) is 0 Å². The SMILES string of the molecule is CCc1nc(CCNC(=NC)N2CCC(OCCCOC)CC2)sc1C. The van der Waals surface area contributed by atoms with E-state index in [9.17, 15) is 0 Å². The number of aromatic nitrogens is 1. The molecular weight excluding hydrogens is 348 g/mol. The summed E-state index contributed by atoms with van der Waals surface area (Å²) in [5.74, 6) is 0.992. The maximum Gasteiger partial charge on any atom is 0.193 e. The minimum absolute atomic E-state index is 0.368. The molecule has 6 nitrogen and oxygen atoms in total. The average Bonchev–Trinajstić information content (AvgIpc) is 3.03. The van der Waals surface area contributed by atoms with E-state index in [0.717, 1.165) is 70.9 Å². The van der Waals surface area contributed by atoms with Crippen LogP contribution in [0.15, 0.2) is 4.99 Å². The Morgan fingerprint density at radius 2 is 2.12 bits per heavy atom. The lowest BCUT2D eigenvalue weighted by molar-refractivity contribution is 0.00992. The molecule has 2 heterocycles. The molecule has 1 aliphatic heterocycles. The lowest BCUT2D eigenvalue weighted by atomic mass is 10.1. The molecule has 1 aromatic rings. The Kier molecular flexibility index (Phi) is 9.36. The number of nitrogens with one attached hydrogen (secondary N) is 1. The van der Waals surface area contributed by atoms with Crippen LogP contribution < -0.4 is 5.32 Å². The van der Waals surface area contributed by atoms with Crippen LogP contribution in [0.2, 0.25) is 0 Å². The topological polar surface area (TPSA) is 59.0 Å². The maximum atomic E-state index is 5.94. The van der Waals surface area contributed by atoms with Crippen LogP contribution in [0, 0.1) is 6.92 Å². The second-order valence-corrected chi connectivity index (χ2v) is 7.88. The first-order valence-electron chi connectivity index (χ1n) is 9.69. The normalized spacial score (nSPS) is 16.3. The van der Waals surface area contributed by atoms with Crippen LogP contribution in [0.5, 0.6) is 0 Å². The molecule has 1 aliphatic rings. The van der Waals surface area contributed by atoms with Gasteiger partial charge in [-0.05, 0) is 32.6 Å². The molecule has 7 heteroatoms. The standard InChI is InChI=1S/C19H34N4O2S/c1-5-17-15(2)26-18(22-17)7-10-21-19(20-3)23-11-8-16(9-12-23)25-14-6-13-24-4/h16H,5-14H2,1-4H3,(H,20,21). The van der Waals surface area contributed by atoms with Gasteiger partial charge in [0.15, 0.2) is 5.96 Å². The van der Waals surface area contributed by atoms with E-state index >= 15 is 0 Å². The average molecular weight is 383 g/mol. The van der Waals surface area contributed by atoms with Crippen molar-refractivity contribution in [3.8, 4) is 0 Å². The Balaban J connectivity index is 1.69. The summed E-state index contributed by atoms with van der Waals surface area (Å²) in [5, 5.41) is 4.71. The molecule has 1 aromatic heterocycles. The summed E-state index contributed by atoms with van der Waals surface area (Å²) in [6.07, 6.45) is 5.41. The highest BCUT2D eigenvalue weighted by Crippen LogP contribution is 2.18. The van der Waals surface area contributed by atoms with E-state index < -0.39 is 0 Å². The van der Waals surface area contributed by atoms with Crippen molar-refractivity contribution < 1.29 is 9.47 Å². The number of piperidine rings is 1. The molecule has 0 spiro atoms. The zero-order chi connectivity index (χ0) is 18.8. The van der Waals surface area contributed by atoms with E-state index in [1.807, 2.05) is 18.4 Å². The van der Waals surface area contributed by atoms with Crippen LogP contribution in [0.25, 0.3) is 0 Å². The number of aryl methyl sites for hydroxylation is 2. The Hall–Kier alpha value is -1.18. The van der Waals surface area contributed by atoms with E-state index in [1.54, 1.807) is 7.11 Å². The molecule has 0 unspecified atom stereocenters. The van der Waals surface area contributed by atoms with Crippen molar-refractivity contribution >= 4 is 17.3 Å². The number of thiazole rings is 1. The lowest BCUT2D eigenvalue weighted by Gasteiger charge is -2.34. The Morgan fingerprint density at radius 1 is 1.35 bits per heavy atom. The number of methoxy groups -OCH3 is 1. The first kappa shape index (κ1) is 21.1. The van der Waals surface area contributed by atoms with Gasteiger partial charge in [0.1, 0.15) is 0 Å². The molecule has 148 valence electrons. The first-order valence-corrected chi connectivity index (χ1v) is 10.5. The molecular formula is C19H34N4O2S. The van der Waals surface area contributed by atoms with Gasteiger partial charge < -0.3 is 19.7 Å². The number of likely N-dealkylation sites (tertiary alicyclic amines) is 1. The molecule has 0 bridgehead atoms. The molecule has 0 amide bonds. The predicted octanol–water partition coefficient (Wildman–Crippen LogP) is 2.65. The fourth-order valence-electron chi connectivity index (χ4n) is 3.22. The van der Waals surface area contributed by atoms with E-state index in [-0.39, 0.29) is 0 Å². The number of ether oxygens (including phenoxy) is 2. The molecule has 0 aliphatic carbocycles. The van der Waals surface area contributed by atoms with Crippen LogP contribution in [-0.4, -0.2) is 69.0 Å². The molecule has 1 N–H and O–H groups in total. The Morgan fingerprint density at radius 3 is 2.73 bits per heavy atom.